The van der Waals surface area contributed by atoms with Crippen molar-refractivity contribution in [2.45, 2.75) is 38.8 Å². The largest absolute Gasteiger partial charge is 0.542 e. The van der Waals surface area contributed by atoms with Gasteiger partial charge in [0.1, 0.15) is 5.97 Å². The van der Waals surface area contributed by atoms with Crippen LogP contribution in [0.25, 0.3) is 0 Å². The minimum Gasteiger partial charge on any atom is -0.542 e. The van der Waals surface area contributed by atoms with Crippen molar-refractivity contribution < 1.29 is 32.3 Å². The first-order valence-corrected chi connectivity index (χ1v) is 6.39. The molecule has 19 heavy (non-hydrogen) atoms. The number of ether oxygens (including phenoxy) is 1. The molecule has 1 saturated heterocycles. The Balaban J connectivity index is 0.000000399. The minimum atomic E-state index is -5.19. The Labute approximate surface area is 111 Å². The third kappa shape index (κ3) is 7.37. The zero-order valence-corrected chi connectivity index (χ0v) is 11.5. The second-order valence-electron chi connectivity index (χ2n) is 4.78. The molecule has 0 spiro atoms. The van der Waals surface area contributed by atoms with Crippen LogP contribution in [0.2, 0.25) is 0 Å². The average Bonchev–Trinajstić information content (AvgIpc) is 2.76. The lowest BCUT2D eigenvalue weighted by atomic mass is 10.3. The van der Waals surface area contributed by atoms with Crippen molar-refractivity contribution in [2.75, 3.05) is 33.5 Å². The predicted molar refractivity (Wildman–Crippen MR) is 61.9 cm³/mol. The van der Waals surface area contributed by atoms with E-state index < -0.39 is 12.1 Å². The van der Waals surface area contributed by atoms with Gasteiger partial charge in [-0.1, -0.05) is 13.3 Å². The van der Waals surface area contributed by atoms with Gasteiger partial charge < -0.3 is 19.1 Å². The van der Waals surface area contributed by atoms with Crippen LogP contribution >= 0.6 is 0 Å². The lowest BCUT2D eigenvalue weighted by Crippen LogP contribution is -2.47. The van der Waals surface area contributed by atoms with E-state index in [2.05, 4.69) is 6.92 Å². The molecule has 0 saturated carbocycles. The number of likely N-dealkylation sites (tertiary alicyclic amines) is 1. The zero-order valence-electron chi connectivity index (χ0n) is 11.5. The summed E-state index contributed by atoms with van der Waals surface area (Å²) in [6.07, 6.45) is 0.257. The molecule has 4 nitrogen and oxygen atoms in total. The first-order chi connectivity index (χ1) is 8.77. The van der Waals surface area contributed by atoms with Crippen molar-refractivity contribution in [3.63, 3.8) is 0 Å². The van der Waals surface area contributed by atoms with Gasteiger partial charge >= 0.3 is 6.18 Å². The van der Waals surface area contributed by atoms with Crippen molar-refractivity contribution in [3.05, 3.63) is 0 Å². The van der Waals surface area contributed by atoms with Gasteiger partial charge in [0.05, 0.1) is 19.6 Å². The fraction of sp³-hybridized carbons (Fsp3) is 0.917. The van der Waals surface area contributed by atoms with Gasteiger partial charge in [-0.3, -0.25) is 0 Å². The Morgan fingerprint density at radius 3 is 2.11 bits per heavy atom. The highest BCUT2D eigenvalue weighted by atomic mass is 19.4. The third-order valence-electron chi connectivity index (χ3n) is 3.14. The Hall–Kier alpha value is -0.820. The lowest BCUT2D eigenvalue weighted by molar-refractivity contribution is -0.934. The topological polar surface area (TPSA) is 49.4 Å². The molecule has 0 amide bonds. The van der Waals surface area contributed by atoms with E-state index in [1.54, 1.807) is 0 Å². The molecule has 0 aromatic rings. The Morgan fingerprint density at radius 2 is 1.79 bits per heavy atom. The molecule has 0 aromatic heterocycles. The minimum absolute atomic E-state index is 0.931. The summed E-state index contributed by atoms with van der Waals surface area (Å²) in [5.41, 5.74) is 0. The number of carbonyl (C=O) groups excluding carboxylic acids is 1. The molecule has 114 valence electrons. The first-order valence-electron chi connectivity index (χ1n) is 6.39. The number of unbranched alkanes of at least 4 members (excludes halogenated alkanes) is 1. The highest BCUT2D eigenvalue weighted by Gasteiger charge is 2.30. The van der Waals surface area contributed by atoms with Crippen LogP contribution in [0, 0.1) is 0 Å². The van der Waals surface area contributed by atoms with Crippen LogP contribution in [0.4, 0.5) is 13.2 Å². The molecule has 7 heteroatoms. The number of carboxylic acids is 1. The summed E-state index contributed by atoms with van der Waals surface area (Å²) in [6.45, 7) is 7.20. The summed E-state index contributed by atoms with van der Waals surface area (Å²) in [6, 6.07) is 0. The van der Waals surface area contributed by atoms with E-state index in [1.807, 2.05) is 7.11 Å². The SMILES string of the molecule is CCCC[N+]1(COC)CCCC1.O=C([O-])C(F)(F)F. The molecular weight excluding hydrogens is 263 g/mol. The van der Waals surface area contributed by atoms with Crippen LogP contribution in [0.3, 0.4) is 0 Å². The van der Waals surface area contributed by atoms with E-state index in [9.17, 15) is 13.2 Å². The standard InChI is InChI=1S/C10H22NO.C2HF3O2/c1-3-4-7-11(10-12-2)8-5-6-9-11;3-2(4,5)1(6)7/h3-10H2,1-2H3;(H,6,7)/q+1;/p-1. The molecule has 0 atom stereocenters. The molecule has 0 bridgehead atoms. The number of alkyl halides is 3. The number of rotatable bonds is 5. The molecule has 0 aliphatic carbocycles. The van der Waals surface area contributed by atoms with Crippen molar-refractivity contribution in [1.29, 1.82) is 0 Å². The van der Waals surface area contributed by atoms with Crippen LogP contribution < -0.4 is 5.11 Å². The lowest BCUT2D eigenvalue weighted by Gasteiger charge is -2.33. The van der Waals surface area contributed by atoms with Crippen molar-refractivity contribution >= 4 is 5.97 Å². The van der Waals surface area contributed by atoms with Crippen molar-refractivity contribution in [1.82, 2.24) is 0 Å². The normalized spacial score (nSPS) is 17.7. The molecule has 1 aliphatic rings. The number of hydrogen-bond acceptors (Lipinski definition) is 3. The molecular formula is C12H22F3NO3. The van der Waals surface area contributed by atoms with E-state index in [0.29, 0.717) is 0 Å². The summed E-state index contributed by atoms with van der Waals surface area (Å²) in [5.74, 6) is -3.01. The second-order valence-corrected chi connectivity index (χ2v) is 4.78. The monoisotopic (exact) mass is 285 g/mol. The Morgan fingerprint density at radius 1 is 1.32 bits per heavy atom. The molecule has 0 radical (unpaired) electrons. The van der Waals surface area contributed by atoms with Gasteiger partial charge in [0.15, 0.2) is 6.73 Å². The van der Waals surface area contributed by atoms with Crippen molar-refractivity contribution in [3.8, 4) is 0 Å². The number of carbonyl (C=O) groups is 1. The maximum atomic E-state index is 10.5. The fourth-order valence-corrected chi connectivity index (χ4v) is 2.19. The van der Waals surface area contributed by atoms with Gasteiger partial charge in [0.25, 0.3) is 0 Å². The Kier molecular flexibility index (Phi) is 8.01. The highest BCUT2D eigenvalue weighted by Crippen LogP contribution is 2.20. The number of quaternary nitrogens is 1. The maximum absolute atomic E-state index is 10.5. The maximum Gasteiger partial charge on any atom is 0.430 e. The van der Waals surface area contributed by atoms with Gasteiger partial charge in [-0.25, -0.2) is 0 Å². The molecule has 0 N–H and O–H groups in total. The van der Waals surface area contributed by atoms with Gasteiger partial charge in [-0.15, -0.1) is 0 Å². The molecule has 1 aliphatic heterocycles. The van der Waals surface area contributed by atoms with Gasteiger partial charge in [-0.2, -0.15) is 13.2 Å². The summed E-state index contributed by atoms with van der Waals surface area (Å²) < 4.78 is 38.1. The Bertz CT molecular complexity index is 263. The zero-order chi connectivity index (χ0) is 14.9. The van der Waals surface area contributed by atoms with E-state index in [4.69, 9.17) is 14.6 Å². The molecule has 0 unspecified atom stereocenters. The number of halogens is 3. The van der Waals surface area contributed by atoms with Crippen molar-refractivity contribution in [2.24, 2.45) is 0 Å². The van der Waals surface area contributed by atoms with Crippen LogP contribution in [0.1, 0.15) is 32.6 Å². The fourth-order valence-electron chi connectivity index (χ4n) is 2.19. The number of nitrogens with zero attached hydrogens (tertiary/aromatic N) is 1. The van der Waals surface area contributed by atoms with E-state index in [1.165, 1.54) is 49.8 Å². The molecule has 0 aromatic carbocycles. The summed E-state index contributed by atoms with van der Waals surface area (Å²) in [7, 11) is 1.82. The average molecular weight is 285 g/mol. The number of carboxylic acid groups (broad SMARTS) is 1. The summed E-state index contributed by atoms with van der Waals surface area (Å²) >= 11 is 0. The van der Waals surface area contributed by atoms with E-state index in [-0.39, 0.29) is 0 Å². The third-order valence-corrected chi connectivity index (χ3v) is 3.14. The van der Waals surface area contributed by atoms with Crippen LogP contribution in [-0.4, -0.2) is 50.1 Å². The highest BCUT2D eigenvalue weighted by molar-refractivity contribution is 5.70. The van der Waals surface area contributed by atoms with Gasteiger partial charge in [0, 0.05) is 20.0 Å². The predicted octanol–water partition coefficient (Wildman–Crippen LogP) is 1.30. The molecule has 1 fully saturated rings. The molecule has 1 rings (SSSR count). The van der Waals surface area contributed by atoms with E-state index in [0.717, 1.165) is 6.73 Å². The van der Waals surface area contributed by atoms with Crippen LogP contribution in [0.15, 0.2) is 0 Å². The summed E-state index contributed by atoms with van der Waals surface area (Å²) in [4.78, 5) is 8.78. The summed E-state index contributed by atoms with van der Waals surface area (Å²) in [5, 5.41) is 8.78. The number of hydrogen-bond donors (Lipinski definition) is 0. The number of aliphatic carboxylic acids is 1. The van der Waals surface area contributed by atoms with E-state index >= 15 is 0 Å². The van der Waals surface area contributed by atoms with Crippen LogP contribution in [0.5, 0.6) is 0 Å². The quantitative estimate of drug-likeness (QED) is 0.715. The van der Waals surface area contributed by atoms with Gasteiger partial charge in [-0.05, 0) is 6.42 Å². The second kappa shape index (κ2) is 8.37. The first kappa shape index (κ1) is 18.2. The van der Waals surface area contributed by atoms with Gasteiger partial charge in [0.2, 0.25) is 0 Å². The van der Waals surface area contributed by atoms with Crippen LogP contribution in [-0.2, 0) is 9.53 Å². The smallest absolute Gasteiger partial charge is 0.430 e. The molecule has 1 heterocycles. The number of methoxy groups -OCH3 is 1.